The predicted octanol–water partition coefficient (Wildman–Crippen LogP) is 0.348. The molecule has 0 fully saturated rings. The van der Waals surface area contributed by atoms with E-state index in [1.54, 1.807) is 0 Å². The average molecular weight is 613 g/mol. The van der Waals surface area contributed by atoms with Gasteiger partial charge in [0.05, 0.1) is 26.9 Å². The van der Waals surface area contributed by atoms with Crippen molar-refractivity contribution in [3.8, 4) is 5.75 Å². The Labute approximate surface area is 236 Å². The quantitative estimate of drug-likeness (QED) is 0.142. The van der Waals surface area contributed by atoms with Gasteiger partial charge in [-0.3, -0.25) is 44.7 Å². The Morgan fingerprint density at radius 3 is 1.86 bits per heavy atom. The van der Waals surface area contributed by atoms with E-state index in [1.807, 2.05) is 4.72 Å². The van der Waals surface area contributed by atoms with Crippen LogP contribution in [-0.2, 0) is 30.8 Å². The average Bonchev–Trinajstić information content (AvgIpc) is 2.89. The Hall–Kier alpha value is -5.24. The summed E-state index contributed by atoms with van der Waals surface area (Å²) in [5.41, 5.74) is -3.95. The number of non-ortho nitro benzene ring substituents is 1. The number of carbonyl (C=O) groups is 3. The maximum absolute atomic E-state index is 13.4. The van der Waals surface area contributed by atoms with Gasteiger partial charge in [-0.25, -0.2) is 8.42 Å². The second-order valence-corrected chi connectivity index (χ2v) is 10.6. The van der Waals surface area contributed by atoms with Crippen LogP contribution >= 0.6 is 0 Å². The lowest BCUT2D eigenvalue weighted by atomic mass is 10.0. The van der Waals surface area contributed by atoms with E-state index in [-0.39, 0.29) is 23.4 Å². The molecule has 0 aliphatic carbocycles. The van der Waals surface area contributed by atoms with Crippen LogP contribution in [0.15, 0.2) is 41.3 Å². The molecule has 2 aromatic carbocycles. The van der Waals surface area contributed by atoms with Gasteiger partial charge in [-0.15, -0.1) is 0 Å². The molecule has 0 heterocycles. The van der Waals surface area contributed by atoms with E-state index < -0.39 is 95.5 Å². The van der Waals surface area contributed by atoms with E-state index in [0.717, 1.165) is 0 Å². The summed E-state index contributed by atoms with van der Waals surface area (Å²) in [6.45, 7) is 2.16. The second-order valence-electron chi connectivity index (χ2n) is 8.97. The normalized spacial score (nSPS) is 12.6. The molecule has 0 aliphatic heterocycles. The number of rotatable bonds is 14. The van der Waals surface area contributed by atoms with Crippen molar-refractivity contribution in [2.45, 2.75) is 37.2 Å². The lowest BCUT2D eigenvalue weighted by Crippen LogP contribution is -2.56. The van der Waals surface area contributed by atoms with Crippen LogP contribution in [0.2, 0.25) is 0 Å². The lowest BCUT2D eigenvalue weighted by molar-refractivity contribution is -0.407. The molecule has 0 aliphatic rings. The molecule has 2 aromatic rings. The molecule has 20 heteroatoms. The number of carbonyl (C=O) groups excluding carboxylic acids is 2. The van der Waals surface area contributed by atoms with E-state index in [2.05, 4.69) is 10.6 Å². The number of nitro benzene ring substituents is 3. The predicted molar refractivity (Wildman–Crippen MR) is 140 cm³/mol. The van der Waals surface area contributed by atoms with Gasteiger partial charge >= 0.3 is 17.3 Å². The van der Waals surface area contributed by atoms with Gasteiger partial charge < -0.3 is 20.8 Å². The molecule has 0 unspecified atom stereocenters. The number of benzene rings is 2. The molecular formula is C22H24N6O13S. The van der Waals surface area contributed by atoms with Crippen molar-refractivity contribution in [3.05, 3.63) is 72.3 Å². The molecule has 19 nitrogen and oxygen atoms in total. The molecule has 2 atom stereocenters. The van der Waals surface area contributed by atoms with Gasteiger partial charge in [0.1, 0.15) is 24.4 Å². The van der Waals surface area contributed by atoms with Gasteiger partial charge in [-0.05, 0) is 30.0 Å². The first-order valence-electron chi connectivity index (χ1n) is 11.7. The summed E-state index contributed by atoms with van der Waals surface area (Å²) in [7, 11) is -5.37. The summed E-state index contributed by atoms with van der Waals surface area (Å²) in [4.78, 5) is 65.6. The number of phenols is 1. The Morgan fingerprint density at radius 1 is 0.905 bits per heavy atom. The number of nitrogens with one attached hydrogen (secondary N) is 3. The summed E-state index contributed by atoms with van der Waals surface area (Å²) in [6.07, 6.45) is -0.512. The van der Waals surface area contributed by atoms with Gasteiger partial charge in [-0.2, -0.15) is 4.72 Å². The minimum absolute atomic E-state index is 0.188. The summed E-state index contributed by atoms with van der Waals surface area (Å²) < 4.78 is 28.6. The van der Waals surface area contributed by atoms with Gasteiger partial charge in [-0.1, -0.05) is 26.0 Å². The first-order valence-corrected chi connectivity index (χ1v) is 13.1. The van der Waals surface area contributed by atoms with Crippen LogP contribution in [0.1, 0.15) is 19.4 Å². The van der Waals surface area contributed by atoms with Crippen LogP contribution in [0.3, 0.4) is 0 Å². The monoisotopic (exact) mass is 612 g/mol. The van der Waals surface area contributed by atoms with E-state index in [4.69, 9.17) is 5.11 Å². The number of hydrogen-bond donors (Lipinski definition) is 5. The van der Waals surface area contributed by atoms with Crippen molar-refractivity contribution < 1.29 is 47.8 Å². The molecule has 0 saturated carbocycles. The summed E-state index contributed by atoms with van der Waals surface area (Å²) in [6, 6.07) is 2.09. The molecule has 0 radical (unpaired) electrons. The van der Waals surface area contributed by atoms with Crippen LogP contribution in [0.4, 0.5) is 17.1 Å². The third kappa shape index (κ3) is 8.38. The Kier molecular flexibility index (Phi) is 10.5. The zero-order valence-corrected chi connectivity index (χ0v) is 22.6. The van der Waals surface area contributed by atoms with Gasteiger partial charge in [0.2, 0.25) is 16.7 Å². The second kappa shape index (κ2) is 13.4. The molecule has 0 bridgehead atoms. The molecule has 0 aromatic heterocycles. The lowest BCUT2D eigenvalue weighted by Gasteiger charge is -2.25. The van der Waals surface area contributed by atoms with E-state index in [1.165, 1.54) is 38.1 Å². The molecule has 2 amide bonds. The minimum Gasteiger partial charge on any atom is -0.508 e. The molecule has 0 spiro atoms. The highest BCUT2D eigenvalue weighted by Crippen LogP contribution is 2.37. The molecular weight excluding hydrogens is 588 g/mol. The van der Waals surface area contributed by atoms with E-state index in [0.29, 0.717) is 0 Å². The van der Waals surface area contributed by atoms with Crippen molar-refractivity contribution in [1.82, 2.24) is 15.4 Å². The standard InChI is InChI=1S/C22H24N6O13S/c1-11(2)19(22(33)23-10-18(30)31)24-21(32)15(7-12-3-5-14(29)6-4-12)25-42(40,41)20-16(27(36)37)8-13(26(34)35)9-17(20)28(38)39/h3-6,8-9,11,15,19,25,29H,7,10H2,1-2H3,(H,23,33)(H,24,32)(H,30,31)/t15-,19+/m1/s1. The fourth-order valence-electron chi connectivity index (χ4n) is 3.60. The zero-order chi connectivity index (χ0) is 31.9. The first kappa shape index (κ1) is 33.0. The van der Waals surface area contributed by atoms with Gasteiger partial charge in [0.25, 0.3) is 15.7 Å². The van der Waals surface area contributed by atoms with Crippen molar-refractivity contribution in [1.29, 1.82) is 0 Å². The summed E-state index contributed by atoms with van der Waals surface area (Å²) >= 11 is 0. The molecule has 42 heavy (non-hydrogen) atoms. The van der Waals surface area contributed by atoms with Crippen molar-refractivity contribution in [2.24, 2.45) is 5.92 Å². The highest BCUT2D eigenvalue weighted by atomic mass is 32.2. The van der Waals surface area contributed by atoms with Crippen molar-refractivity contribution in [2.75, 3.05) is 6.54 Å². The topological polar surface area (TPSA) is 291 Å². The van der Waals surface area contributed by atoms with Gasteiger partial charge in [0, 0.05) is 0 Å². The number of sulfonamides is 1. The Morgan fingerprint density at radius 2 is 1.43 bits per heavy atom. The summed E-state index contributed by atoms with van der Waals surface area (Å²) in [5, 5.41) is 57.1. The van der Waals surface area contributed by atoms with Crippen LogP contribution < -0.4 is 15.4 Å². The van der Waals surface area contributed by atoms with Gasteiger partial charge in [0.15, 0.2) is 0 Å². The molecule has 226 valence electrons. The maximum Gasteiger partial charge on any atom is 0.322 e. The highest BCUT2D eigenvalue weighted by molar-refractivity contribution is 7.89. The zero-order valence-electron chi connectivity index (χ0n) is 21.7. The first-order chi connectivity index (χ1) is 19.4. The SMILES string of the molecule is CC(C)[C@H](NC(=O)[C@@H](Cc1ccc(O)cc1)NS(=O)(=O)c1c([N+](=O)[O-])cc([N+](=O)[O-])cc1[N+](=O)[O-])C(=O)NCC(=O)O. The van der Waals surface area contributed by atoms with Crippen molar-refractivity contribution in [3.63, 3.8) is 0 Å². The number of amides is 2. The molecule has 2 rings (SSSR count). The number of carboxylic acid groups (broad SMARTS) is 1. The summed E-state index contributed by atoms with van der Waals surface area (Å²) in [5.74, 6) is -4.36. The number of nitro groups is 3. The minimum atomic E-state index is -5.37. The fraction of sp³-hybridized carbons (Fsp3) is 0.318. The smallest absolute Gasteiger partial charge is 0.322 e. The Balaban J connectivity index is 2.62. The maximum atomic E-state index is 13.4. The number of carboxylic acids is 1. The number of hydrogen-bond acceptors (Lipinski definition) is 12. The van der Waals surface area contributed by atoms with E-state index >= 15 is 0 Å². The van der Waals surface area contributed by atoms with Crippen LogP contribution in [-0.4, -0.2) is 69.8 Å². The number of nitrogens with zero attached hydrogens (tertiary/aromatic N) is 3. The molecule has 0 saturated heterocycles. The number of aromatic hydroxyl groups is 1. The number of aliphatic carboxylic acids is 1. The van der Waals surface area contributed by atoms with Crippen LogP contribution in [0.5, 0.6) is 5.75 Å². The fourth-order valence-corrected chi connectivity index (χ4v) is 5.10. The largest absolute Gasteiger partial charge is 0.508 e. The highest BCUT2D eigenvalue weighted by Gasteiger charge is 2.41. The third-order valence-electron chi connectivity index (χ3n) is 5.56. The molecule has 5 N–H and O–H groups in total. The van der Waals surface area contributed by atoms with Crippen LogP contribution in [0.25, 0.3) is 0 Å². The third-order valence-corrected chi connectivity index (χ3v) is 7.11. The number of phenolic OH excluding ortho intramolecular Hbond substituents is 1. The van der Waals surface area contributed by atoms with E-state index in [9.17, 15) is 58.3 Å². The van der Waals surface area contributed by atoms with Crippen LogP contribution in [0, 0.1) is 36.3 Å². The Bertz CT molecular complexity index is 1490. The van der Waals surface area contributed by atoms with Crippen molar-refractivity contribution >= 4 is 44.9 Å².